The number of rotatable bonds is 9. The summed E-state index contributed by atoms with van der Waals surface area (Å²) in [5.41, 5.74) is 13.3. The number of fused-ring (bicyclic) bond motifs is 1. The van der Waals surface area contributed by atoms with Crippen molar-refractivity contribution in [3.05, 3.63) is 82.4 Å². The highest BCUT2D eigenvalue weighted by atomic mass is 16.5. The van der Waals surface area contributed by atoms with Crippen LogP contribution in [0.2, 0.25) is 0 Å². The minimum atomic E-state index is 0.346. The lowest BCUT2D eigenvalue weighted by atomic mass is 9.79. The molecule has 0 aliphatic heterocycles. The van der Waals surface area contributed by atoms with E-state index in [1.165, 1.54) is 33.5 Å². The number of anilines is 1. The normalized spacial score (nSPS) is 15.0. The summed E-state index contributed by atoms with van der Waals surface area (Å²) in [5.74, 6) is 2.23. The van der Waals surface area contributed by atoms with Gasteiger partial charge in [-0.25, -0.2) is 0 Å². The van der Waals surface area contributed by atoms with Crippen LogP contribution in [-0.4, -0.2) is 32.4 Å². The lowest BCUT2D eigenvalue weighted by Gasteiger charge is -2.32. The van der Waals surface area contributed by atoms with E-state index in [1.54, 1.807) is 20.3 Å². The maximum Gasteiger partial charge on any atom is 0.162 e. The molecule has 1 aliphatic carbocycles. The molecule has 0 radical (unpaired) electrons. The first-order chi connectivity index (χ1) is 16.6. The van der Waals surface area contributed by atoms with Gasteiger partial charge < -0.3 is 25.2 Å². The number of phenolic OH excluding ortho intramolecular Hbond substituents is 1. The van der Waals surface area contributed by atoms with Crippen LogP contribution in [0.15, 0.2) is 54.6 Å². The smallest absolute Gasteiger partial charge is 0.162 e. The number of phenols is 1. The number of hydrogen-bond acceptors (Lipinski definition) is 5. The third kappa shape index (κ3) is 5.15. The highest BCUT2D eigenvalue weighted by molar-refractivity contribution is 5.64. The van der Waals surface area contributed by atoms with Crippen molar-refractivity contribution in [2.24, 2.45) is 5.73 Å². The summed E-state index contributed by atoms with van der Waals surface area (Å²) < 4.78 is 11.4. The van der Waals surface area contributed by atoms with Gasteiger partial charge in [-0.2, -0.15) is 0 Å². The molecule has 4 rings (SSSR count). The number of hydrogen-bond donors (Lipinski definition) is 2. The van der Waals surface area contributed by atoms with Gasteiger partial charge in [0.25, 0.3) is 0 Å². The zero-order valence-electron chi connectivity index (χ0n) is 20.5. The molecule has 180 valence electrons. The van der Waals surface area contributed by atoms with Gasteiger partial charge in [-0.15, -0.1) is 0 Å². The zero-order valence-corrected chi connectivity index (χ0v) is 20.5. The molecule has 1 aliphatic rings. The van der Waals surface area contributed by atoms with Crippen molar-refractivity contribution < 1.29 is 14.6 Å². The predicted molar refractivity (Wildman–Crippen MR) is 138 cm³/mol. The Bertz CT molecular complexity index is 1110. The van der Waals surface area contributed by atoms with E-state index in [9.17, 15) is 5.11 Å². The molecule has 0 bridgehead atoms. The summed E-state index contributed by atoms with van der Waals surface area (Å²) in [6, 6.07) is 18.8. The van der Waals surface area contributed by atoms with Gasteiger partial charge in [0.1, 0.15) is 5.75 Å². The second-order valence-corrected chi connectivity index (χ2v) is 9.03. The molecule has 34 heavy (non-hydrogen) atoms. The van der Waals surface area contributed by atoms with Crippen molar-refractivity contribution in [1.29, 1.82) is 0 Å². The van der Waals surface area contributed by atoms with Crippen LogP contribution in [0, 0.1) is 0 Å². The van der Waals surface area contributed by atoms with Crippen LogP contribution in [0.4, 0.5) is 5.69 Å². The van der Waals surface area contributed by atoms with Gasteiger partial charge in [-0.3, -0.25) is 0 Å². The monoisotopic (exact) mass is 460 g/mol. The Morgan fingerprint density at radius 1 is 0.941 bits per heavy atom. The van der Waals surface area contributed by atoms with Crippen molar-refractivity contribution in [2.45, 2.75) is 45.1 Å². The van der Waals surface area contributed by atoms with Gasteiger partial charge in [0, 0.05) is 24.8 Å². The van der Waals surface area contributed by atoms with Gasteiger partial charge in [0.05, 0.1) is 14.2 Å². The second-order valence-electron chi connectivity index (χ2n) is 9.03. The van der Waals surface area contributed by atoms with Crippen molar-refractivity contribution in [3.63, 3.8) is 0 Å². The van der Waals surface area contributed by atoms with E-state index in [2.05, 4.69) is 54.3 Å². The molecule has 5 nitrogen and oxygen atoms in total. The van der Waals surface area contributed by atoms with Crippen LogP contribution in [0.1, 0.15) is 47.1 Å². The number of ether oxygens (including phenoxy) is 2. The topological polar surface area (TPSA) is 68.0 Å². The number of aromatic hydroxyl groups is 1. The molecular formula is C29H36N2O3. The fraction of sp³-hybridized carbons (Fsp3) is 0.379. The fourth-order valence-electron chi connectivity index (χ4n) is 5.06. The van der Waals surface area contributed by atoms with Gasteiger partial charge in [0.2, 0.25) is 0 Å². The number of nitrogens with two attached hydrogens (primary N) is 1. The molecule has 3 aromatic carbocycles. The van der Waals surface area contributed by atoms with Crippen LogP contribution < -0.4 is 20.1 Å². The van der Waals surface area contributed by atoms with Gasteiger partial charge in [-0.05, 0) is 91.1 Å². The average molecular weight is 461 g/mol. The van der Waals surface area contributed by atoms with Gasteiger partial charge in [-0.1, -0.05) is 30.3 Å². The maximum absolute atomic E-state index is 9.89. The van der Waals surface area contributed by atoms with Gasteiger partial charge in [0.15, 0.2) is 11.5 Å². The Hall–Kier alpha value is -3.18. The summed E-state index contributed by atoms with van der Waals surface area (Å²) in [5, 5.41) is 9.89. The molecule has 0 fully saturated rings. The Morgan fingerprint density at radius 3 is 2.32 bits per heavy atom. The average Bonchev–Trinajstić information content (AvgIpc) is 2.87. The van der Waals surface area contributed by atoms with Gasteiger partial charge >= 0.3 is 0 Å². The molecule has 1 atom stereocenters. The lowest BCUT2D eigenvalue weighted by Crippen LogP contribution is -2.25. The third-order valence-corrected chi connectivity index (χ3v) is 6.94. The standard InChI is InChI=1S/C29H36N2O3/c1-4-31(19-21-7-5-20(6-8-21)13-14-30)27-18-29(34-3)28(33-2)17-26(27)24-10-9-23-16-25(32)12-11-22(23)15-24/h5-8,11-12,16-18,24,32H,4,9-10,13-15,19,30H2,1-3H3/t24-/m1/s1. The van der Waals surface area contributed by atoms with Crippen LogP contribution in [0.3, 0.4) is 0 Å². The van der Waals surface area contributed by atoms with Crippen LogP contribution in [0.5, 0.6) is 17.2 Å². The quantitative estimate of drug-likeness (QED) is 0.459. The van der Waals surface area contributed by atoms with E-state index < -0.39 is 0 Å². The third-order valence-electron chi connectivity index (χ3n) is 6.94. The van der Waals surface area contributed by atoms with Crippen LogP contribution in [-0.2, 0) is 25.8 Å². The number of methoxy groups -OCH3 is 2. The summed E-state index contributed by atoms with van der Waals surface area (Å²) >= 11 is 0. The van der Waals surface area contributed by atoms with E-state index >= 15 is 0 Å². The summed E-state index contributed by atoms with van der Waals surface area (Å²) in [7, 11) is 3.39. The van der Waals surface area contributed by atoms with Crippen LogP contribution >= 0.6 is 0 Å². The first-order valence-electron chi connectivity index (χ1n) is 12.2. The molecule has 3 N–H and O–H groups in total. The molecule has 0 unspecified atom stereocenters. The highest BCUT2D eigenvalue weighted by Gasteiger charge is 2.26. The summed E-state index contributed by atoms with van der Waals surface area (Å²) in [6.45, 7) is 4.56. The Kier molecular flexibility index (Phi) is 7.63. The van der Waals surface area contributed by atoms with E-state index in [4.69, 9.17) is 15.2 Å². The van der Waals surface area contributed by atoms with Crippen molar-refractivity contribution >= 4 is 5.69 Å². The van der Waals surface area contributed by atoms with Crippen molar-refractivity contribution in [2.75, 3.05) is 32.2 Å². The zero-order chi connectivity index (χ0) is 24.1. The molecular weight excluding hydrogens is 424 g/mol. The molecule has 0 spiro atoms. The largest absolute Gasteiger partial charge is 0.508 e. The summed E-state index contributed by atoms with van der Waals surface area (Å²) in [6.07, 6.45) is 3.84. The first kappa shape index (κ1) is 24.0. The fourth-order valence-corrected chi connectivity index (χ4v) is 5.06. The van der Waals surface area contributed by atoms with Crippen molar-refractivity contribution in [3.8, 4) is 17.2 Å². The molecule has 3 aromatic rings. The SMILES string of the molecule is CCN(Cc1ccc(CCN)cc1)c1cc(OC)c(OC)cc1[C@@H]1CCc2cc(O)ccc2C1. The van der Waals surface area contributed by atoms with E-state index in [0.717, 1.165) is 50.3 Å². The Balaban J connectivity index is 1.69. The predicted octanol–water partition coefficient (Wildman–Crippen LogP) is 5.21. The van der Waals surface area contributed by atoms with Crippen LogP contribution in [0.25, 0.3) is 0 Å². The minimum absolute atomic E-state index is 0.346. The number of benzene rings is 3. The molecule has 0 aromatic heterocycles. The van der Waals surface area contributed by atoms with E-state index in [-0.39, 0.29) is 0 Å². The number of aryl methyl sites for hydroxylation is 1. The maximum atomic E-state index is 9.89. The molecule has 5 heteroatoms. The Morgan fingerprint density at radius 2 is 1.65 bits per heavy atom. The highest BCUT2D eigenvalue weighted by Crippen LogP contribution is 2.43. The van der Waals surface area contributed by atoms with E-state index in [0.29, 0.717) is 18.2 Å². The second kappa shape index (κ2) is 10.8. The molecule has 0 saturated heterocycles. The van der Waals surface area contributed by atoms with Crippen molar-refractivity contribution in [1.82, 2.24) is 0 Å². The van der Waals surface area contributed by atoms with E-state index in [1.807, 2.05) is 6.07 Å². The summed E-state index contributed by atoms with van der Waals surface area (Å²) in [4.78, 5) is 2.42. The first-order valence-corrected chi connectivity index (χ1v) is 12.2. The number of nitrogens with zero attached hydrogens (tertiary/aromatic N) is 1. The minimum Gasteiger partial charge on any atom is -0.508 e. The molecule has 0 amide bonds. The Labute approximate surface area is 203 Å². The molecule has 0 saturated carbocycles. The molecule has 0 heterocycles. The lowest BCUT2D eigenvalue weighted by molar-refractivity contribution is 0.354.